The summed E-state index contributed by atoms with van der Waals surface area (Å²) in [5.41, 5.74) is 0.547. The summed E-state index contributed by atoms with van der Waals surface area (Å²) in [5, 5.41) is 9.69. The van der Waals surface area contributed by atoms with E-state index in [1.165, 1.54) is 25.3 Å². The Balaban J connectivity index is 2.03. The number of benzene rings is 1. The van der Waals surface area contributed by atoms with Crippen molar-refractivity contribution in [2.45, 2.75) is 45.1 Å². The molecule has 1 saturated carbocycles. The molecule has 1 aromatic carbocycles. The van der Waals surface area contributed by atoms with Gasteiger partial charge >= 0.3 is 0 Å². The molecule has 20 heavy (non-hydrogen) atoms. The Hall–Kier alpha value is -1.03. The van der Waals surface area contributed by atoms with Crippen LogP contribution in [0.4, 0.5) is 0 Å². The molecule has 0 saturated heterocycles. The van der Waals surface area contributed by atoms with Gasteiger partial charge in [0.15, 0.2) is 0 Å². The summed E-state index contributed by atoms with van der Waals surface area (Å²) in [6.45, 7) is 2.24. The van der Waals surface area contributed by atoms with Crippen LogP contribution in [0.15, 0.2) is 22.7 Å². The van der Waals surface area contributed by atoms with Gasteiger partial charge in [-0.25, -0.2) is 0 Å². The number of rotatable bonds is 3. The average Bonchev–Trinajstić information content (AvgIpc) is 2.48. The van der Waals surface area contributed by atoms with Crippen molar-refractivity contribution in [1.82, 2.24) is 4.90 Å². The molecule has 0 heterocycles. The Morgan fingerprint density at radius 1 is 1.35 bits per heavy atom. The molecular formula is C16H22BrNO2. The maximum atomic E-state index is 12.5. The van der Waals surface area contributed by atoms with Gasteiger partial charge in [0.2, 0.25) is 0 Å². The number of hydrogen-bond acceptors (Lipinski definition) is 2. The fourth-order valence-electron chi connectivity index (χ4n) is 2.96. The minimum absolute atomic E-state index is 0.00671. The van der Waals surface area contributed by atoms with E-state index in [0.717, 1.165) is 18.8 Å². The van der Waals surface area contributed by atoms with Crippen LogP contribution in [0.1, 0.15) is 49.4 Å². The molecule has 0 radical (unpaired) electrons. The Bertz CT molecular complexity index is 481. The summed E-state index contributed by atoms with van der Waals surface area (Å²) in [5.74, 6) is 0.929. The minimum atomic E-state index is -0.00671. The number of phenols is 1. The highest BCUT2D eigenvalue weighted by Gasteiger charge is 2.26. The molecular weight excluding hydrogens is 318 g/mol. The molecule has 0 aromatic heterocycles. The third-order valence-electron chi connectivity index (χ3n) is 4.45. The highest BCUT2D eigenvalue weighted by molar-refractivity contribution is 9.10. The summed E-state index contributed by atoms with van der Waals surface area (Å²) < 4.78 is 0.611. The van der Waals surface area contributed by atoms with Crippen LogP contribution in [0.3, 0.4) is 0 Å². The predicted octanol–water partition coefficient (Wildman–Crippen LogP) is 4.20. The van der Waals surface area contributed by atoms with Crippen molar-refractivity contribution < 1.29 is 9.90 Å². The number of amides is 1. The Morgan fingerprint density at radius 2 is 2.00 bits per heavy atom. The summed E-state index contributed by atoms with van der Waals surface area (Å²) >= 11 is 3.23. The van der Waals surface area contributed by atoms with Crippen LogP contribution < -0.4 is 0 Å². The molecule has 1 fully saturated rings. The third-order valence-corrected chi connectivity index (χ3v) is 5.13. The maximum Gasteiger partial charge on any atom is 0.253 e. The number of carbonyl (C=O) groups excluding carboxylic acids is 1. The van der Waals surface area contributed by atoms with Gasteiger partial charge in [-0.2, -0.15) is 0 Å². The largest absolute Gasteiger partial charge is 0.507 e. The van der Waals surface area contributed by atoms with Gasteiger partial charge in [-0.05, 0) is 65.7 Å². The van der Waals surface area contributed by atoms with Crippen molar-refractivity contribution in [3.63, 3.8) is 0 Å². The molecule has 0 spiro atoms. The summed E-state index contributed by atoms with van der Waals surface area (Å²) in [6.07, 6.45) is 5.84. The molecule has 1 aliphatic carbocycles. The first-order chi connectivity index (χ1) is 9.52. The first kappa shape index (κ1) is 15.4. The number of nitrogens with zero attached hydrogens (tertiary/aromatic N) is 1. The molecule has 0 unspecified atom stereocenters. The number of aromatic hydroxyl groups is 1. The number of carbonyl (C=O) groups is 1. The standard InChI is InChI=1S/C16H22BrNO2/c1-3-11-4-7-13(8-5-11)18(2)16(20)12-6-9-14(17)15(19)10-12/h6,9-11,13,19H,3-5,7-8H2,1-2H3. The van der Waals surface area contributed by atoms with E-state index in [1.54, 1.807) is 12.1 Å². The Kier molecular flexibility index (Phi) is 5.08. The van der Waals surface area contributed by atoms with E-state index in [9.17, 15) is 9.90 Å². The lowest BCUT2D eigenvalue weighted by Crippen LogP contribution is -2.39. The van der Waals surface area contributed by atoms with Gasteiger partial charge in [0.1, 0.15) is 5.75 Å². The topological polar surface area (TPSA) is 40.5 Å². The van der Waals surface area contributed by atoms with Gasteiger partial charge < -0.3 is 10.0 Å². The maximum absolute atomic E-state index is 12.5. The molecule has 1 N–H and O–H groups in total. The molecule has 1 aromatic rings. The van der Waals surface area contributed by atoms with Crippen molar-refractivity contribution in [3.8, 4) is 5.75 Å². The van der Waals surface area contributed by atoms with Gasteiger partial charge in [0.25, 0.3) is 5.91 Å². The molecule has 3 nitrogen and oxygen atoms in total. The zero-order chi connectivity index (χ0) is 14.7. The van der Waals surface area contributed by atoms with E-state index in [0.29, 0.717) is 16.1 Å². The molecule has 0 aliphatic heterocycles. The first-order valence-corrected chi connectivity index (χ1v) is 8.08. The second-order valence-corrected chi connectivity index (χ2v) is 6.52. The third kappa shape index (κ3) is 3.35. The van der Waals surface area contributed by atoms with Crippen LogP contribution in [0.25, 0.3) is 0 Å². The number of hydrogen-bond donors (Lipinski definition) is 1. The van der Waals surface area contributed by atoms with Crippen molar-refractivity contribution in [2.24, 2.45) is 5.92 Å². The molecule has 2 rings (SSSR count). The van der Waals surface area contributed by atoms with E-state index in [-0.39, 0.29) is 11.7 Å². The van der Waals surface area contributed by atoms with E-state index in [1.807, 2.05) is 11.9 Å². The zero-order valence-electron chi connectivity index (χ0n) is 12.1. The lowest BCUT2D eigenvalue weighted by Gasteiger charge is -2.34. The van der Waals surface area contributed by atoms with Gasteiger partial charge in [-0.15, -0.1) is 0 Å². The van der Waals surface area contributed by atoms with Crippen LogP contribution >= 0.6 is 15.9 Å². The quantitative estimate of drug-likeness (QED) is 0.896. The van der Waals surface area contributed by atoms with Crippen LogP contribution in [-0.4, -0.2) is 29.0 Å². The van der Waals surface area contributed by atoms with Crippen molar-refractivity contribution in [3.05, 3.63) is 28.2 Å². The second kappa shape index (κ2) is 6.61. The summed E-state index contributed by atoms with van der Waals surface area (Å²) in [4.78, 5) is 14.3. The van der Waals surface area contributed by atoms with Gasteiger partial charge in [0.05, 0.1) is 4.47 Å². The van der Waals surface area contributed by atoms with E-state index in [4.69, 9.17) is 0 Å². The minimum Gasteiger partial charge on any atom is -0.507 e. The second-order valence-electron chi connectivity index (χ2n) is 5.67. The lowest BCUT2D eigenvalue weighted by atomic mass is 9.84. The van der Waals surface area contributed by atoms with Crippen molar-refractivity contribution in [1.29, 1.82) is 0 Å². The predicted molar refractivity (Wildman–Crippen MR) is 83.9 cm³/mol. The number of phenolic OH excluding ortho intramolecular Hbond substituents is 1. The normalized spacial score (nSPS) is 22.6. The zero-order valence-corrected chi connectivity index (χ0v) is 13.7. The number of halogens is 1. The van der Waals surface area contributed by atoms with Gasteiger partial charge in [-0.3, -0.25) is 4.79 Å². The van der Waals surface area contributed by atoms with Crippen molar-refractivity contribution in [2.75, 3.05) is 7.05 Å². The van der Waals surface area contributed by atoms with Crippen molar-refractivity contribution >= 4 is 21.8 Å². The van der Waals surface area contributed by atoms with E-state index >= 15 is 0 Å². The Morgan fingerprint density at radius 3 is 2.55 bits per heavy atom. The van der Waals surface area contributed by atoms with Crippen LogP contribution in [-0.2, 0) is 0 Å². The highest BCUT2D eigenvalue weighted by atomic mass is 79.9. The lowest BCUT2D eigenvalue weighted by molar-refractivity contribution is 0.0674. The fraction of sp³-hybridized carbons (Fsp3) is 0.562. The van der Waals surface area contributed by atoms with E-state index in [2.05, 4.69) is 22.9 Å². The van der Waals surface area contributed by atoms with Crippen LogP contribution in [0.5, 0.6) is 5.75 Å². The van der Waals surface area contributed by atoms with Gasteiger partial charge in [0, 0.05) is 18.7 Å². The van der Waals surface area contributed by atoms with Gasteiger partial charge in [-0.1, -0.05) is 13.3 Å². The SMILES string of the molecule is CCC1CCC(N(C)C(=O)c2ccc(Br)c(O)c2)CC1. The molecule has 0 atom stereocenters. The highest BCUT2D eigenvalue weighted by Crippen LogP contribution is 2.30. The van der Waals surface area contributed by atoms with E-state index < -0.39 is 0 Å². The van der Waals surface area contributed by atoms with Crippen LogP contribution in [0, 0.1) is 5.92 Å². The molecule has 4 heteroatoms. The molecule has 0 bridgehead atoms. The molecule has 110 valence electrons. The molecule has 1 aliphatic rings. The molecule has 1 amide bonds. The monoisotopic (exact) mass is 339 g/mol. The van der Waals surface area contributed by atoms with Crippen LogP contribution in [0.2, 0.25) is 0 Å². The first-order valence-electron chi connectivity index (χ1n) is 7.28. The summed E-state index contributed by atoms with van der Waals surface area (Å²) in [7, 11) is 1.87. The fourth-order valence-corrected chi connectivity index (χ4v) is 3.20. The summed E-state index contributed by atoms with van der Waals surface area (Å²) in [6, 6.07) is 5.32. The Labute approximate surface area is 129 Å². The smallest absolute Gasteiger partial charge is 0.253 e. The average molecular weight is 340 g/mol.